The summed E-state index contributed by atoms with van der Waals surface area (Å²) in [5.41, 5.74) is -0.480. The first kappa shape index (κ1) is 15.0. The lowest BCUT2D eigenvalue weighted by Crippen LogP contribution is -2.45. The number of nitrogens with zero attached hydrogens (tertiary/aromatic N) is 2. The standard InChI is InChI=1S/C12H18N2O5/c1-5-18-10(17)8-7-19-11(13-8)14(6-9(15)16)12(2,3)4/h7H,5-6H2,1-4H3,(H,15,16). The second-order valence-electron chi connectivity index (χ2n) is 4.89. The molecule has 106 valence electrons. The van der Waals surface area contributed by atoms with Gasteiger partial charge in [0, 0.05) is 5.54 Å². The van der Waals surface area contributed by atoms with Crippen molar-refractivity contribution in [3.05, 3.63) is 12.0 Å². The summed E-state index contributed by atoms with van der Waals surface area (Å²) in [6.07, 6.45) is 1.16. The Balaban J connectivity index is 2.98. The number of aromatic nitrogens is 1. The van der Waals surface area contributed by atoms with E-state index in [4.69, 9.17) is 14.3 Å². The Morgan fingerprint density at radius 1 is 1.47 bits per heavy atom. The summed E-state index contributed by atoms with van der Waals surface area (Å²) in [5, 5.41) is 8.91. The lowest BCUT2D eigenvalue weighted by atomic mass is 10.1. The van der Waals surface area contributed by atoms with Crippen LogP contribution in [0.5, 0.6) is 0 Å². The molecule has 0 aliphatic rings. The third-order valence-electron chi connectivity index (χ3n) is 2.31. The highest BCUT2D eigenvalue weighted by atomic mass is 16.5. The number of esters is 1. The van der Waals surface area contributed by atoms with Gasteiger partial charge in [0.05, 0.1) is 6.61 Å². The summed E-state index contributed by atoms with van der Waals surface area (Å²) >= 11 is 0. The Kier molecular flexibility index (Phi) is 4.52. The quantitative estimate of drug-likeness (QED) is 0.811. The van der Waals surface area contributed by atoms with Gasteiger partial charge in [-0.3, -0.25) is 4.79 Å². The normalized spacial score (nSPS) is 11.2. The van der Waals surface area contributed by atoms with Crippen molar-refractivity contribution in [2.24, 2.45) is 0 Å². The van der Waals surface area contributed by atoms with Crippen molar-refractivity contribution < 1.29 is 23.8 Å². The van der Waals surface area contributed by atoms with E-state index in [9.17, 15) is 9.59 Å². The molecule has 1 aromatic heterocycles. The summed E-state index contributed by atoms with van der Waals surface area (Å²) in [6, 6.07) is 0.0814. The van der Waals surface area contributed by atoms with Gasteiger partial charge in [0.25, 0.3) is 6.01 Å². The lowest BCUT2D eigenvalue weighted by Gasteiger charge is -2.32. The molecule has 0 atom stereocenters. The van der Waals surface area contributed by atoms with E-state index in [1.165, 1.54) is 4.90 Å². The Hall–Kier alpha value is -2.05. The van der Waals surface area contributed by atoms with E-state index in [1.54, 1.807) is 6.92 Å². The third-order valence-corrected chi connectivity index (χ3v) is 2.31. The summed E-state index contributed by atoms with van der Waals surface area (Å²) < 4.78 is 9.96. The van der Waals surface area contributed by atoms with Crippen LogP contribution in [-0.2, 0) is 9.53 Å². The van der Waals surface area contributed by atoms with Crippen molar-refractivity contribution in [1.82, 2.24) is 4.98 Å². The first-order valence-corrected chi connectivity index (χ1v) is 5.87. The number of carboxylic acids is 1. The molecule has 0 fully saturated rings. The zero-order chi connectivity index (χ0) is 14.6. The van der Waals surface area contributed by atoms with Crippen molar-refractivity contribution in [2.75, 3.05) is 18.1 Å². The summed E-state index contributed by atoms with van der Waals surface area (Å²) in [7, 11) is 0. The number of ether oxygens (including phenoxy) is 1. The molecule has 1 heterocycles. The number of carbonyl (C=O) groups excluding carboxylic acids is 1. The predicted molar refractivity (Wildman–Crippen MR) is 67.2 cm³/mol. The SMILES string of the molecule is CCOC(=O)c1coc(N(CC(=O)O)C(C)(C)C)n1. The molecule has 1 rings (SSSR count). The zero-order valence-corrected chi connectivity index (χ0v) is 11.5. The summed E-state index contributed by atoms with van der Waals surface area (Å²) in [6.45, 7) is 7.12. The number of rotatable bonds is 5. The highest BCUT2D eigenvalue weighted by molar-refractivity contribution is 5.87. The Labute approximate surface area is 111 Å². The molecule has 0 saturated carbocycles. The zero-order valence-electron chi connectivity index (χ0n) is 11.5. The molecule has 0 aliphatic carbocycles. The molecule has 0 radical (unpaired) electrons. The predicted octanol–water partition coefficient (Wildman–Crippen LogP) is 1.54. The summed E-state index contributed by atoms with van der Waals surface area (Å²) in [5.74, 6) is -1.60. The van der Waals surface area contributed by atoms with E-state index in [0.717, 1.165) is 6.26 Å². The molecule has 1 N–H and O–H groups in total. The Bertz CT molecular complexity index is 461. The molecule has 0 aliphatic heterocycles. The van der Waals surface area contributed by atoms with E-state index < -0.39 is 17.5 Å². The molecule has 0 spiro atoms. The maximum Gasteiger partial charge on any atom is 0.360 e. The van der Waals surface area contributed by atoms with Gasteiger partial charge in [0.1, 0.15) is 12.8 Å². The van der Waals surface area contributed by atoms with Crippen LogP contribution >= 0.6 is 0 Å². The van der Waals surface area contributed by atoms with E-state index in [2.05, 4.69) is 4.98 Å². The van der Waals surface area contributed by atoms with Crippen molar-refractivity contribution in [3.63, 3.8) is 0 Å². The van der Waals surface area contributed by atoms with Crippen LogP contribution in [0.3, 0.4) is 0 Å². The molecule has 0 amide bonds. The molecular weight excluding hydrogens is 252 g/mol. The van der Waals surface area contributed by atoms with Crippen LogP contribution in [-0.4, -0.2) is 40.7 Å². The number of aliphatic carboxylic acids is 1. The molecule has 0 unspecified atom stereocenters. The number of carboxylic acid groups (broad SMARTS) is 1. The second kappa shape index (κ2) is 5.73. The molecule has 19 heavy (non-hydrogen) atoms. The van der Waals surface area contributed by atoms with E-state index in [-0.39, 0.29) is 24.9 Å². The topological polar surface area (TPSA) is 92.9 Å². The van der Waals surface area contributed by atoms with Crippen molar-refractivity contribution in [2.45, 2.75) is 33.2 Å². The first-order chi connectivity index (χ1) is 8.75. The van der Waals surface area contributed by atoms with Crippen LogP contribution in [0.4, 0.5) is 6.01 Å². The maximum atomic E-state index is 11.5. The van der Waals surface area contributed by atoms with Crippen LogP contribution < -0.4 is 4.90 Å². The Morgan fingerprint density at radius 3 is 2.58 bits per heavy atom. The van der Waals surface area contributed by atoms with E-state index in [0.29, 0.717) is 0 Å². The molecular formula is C12H18N2O5. The average Bonchev–Trinajstić information content (AvgIpc) is 2.73. The van der Waals surface area contributed by atoms with Gasteiger partial charge in [-0.1, -0.05) is 0 Å². The van der Waals surface area contributed by atoms with Crippen LogP contribution in [0.1, 0.15) is 38.2 Å². The molecule has 0 saturated heterocycles. The van der Waals surface area contributed by atoms with Crippen LogP contribution in [0.15, 0.2) is 10.7 Å². The number of carbonyl (C=O) groups is 2. The fourth-order valence-corrected chi connectivity index (χ4v) is 1.41. The van der Waals surface area contributed by atoms with Crippen molar-refractivity contribution in [1.29, 1.82) is 0 Å². The first-order valence-electron chi connectivity index (χ1n) is 5.87. The minimum atomic E-state index is -1.01. The van der Waals surface area contributed by atoms with Gasteiger partial charge in [-0.15, -0.1) is 0 Å². The molecule has 0 aromatic carbocycles. The van der Waals surface area contributed by atoms with Gasteiger partial charge in [-0.2, -0.15) is 4.98 Å². The van der Waals surface area contributed by atoms with Gasteiger partial charge in [-0.05, 0) is 27.7 Å². The number of oxazole rings is 1. The van der Waals surface area contributed by atoms with Crippen molar-refractivity contribution >= 4 is 18.0 Å². The Morgan fingerprint density at radius 2 is 2.11 bits per heavy atom. The van der Waals surface area contributed by atoms with Gasteiger partial charge < -0.3 is 19.2 Å². The van der Waals surface area contributed by atoms with Crippen LogP contribution in [0.25, 0.3) is 0 Å². The second-order valence-corrected chi connectivity index (χ2v) is 4.89. The monoisotopic (exact) mass is 270 g/mol. The van der Waals surface area contributed by atoms with E-state index >= 15 is 0 Å². The third kappa shape index (κ3) is 3.97. The minimum Gasteiger partial charge on any atom is -0.480 e. The number of hydrogen-bond donors (Lipinski definition) is 1. The van der Waals surface area contributed by atoms with Gasteiger partial charge >= 0.3 is 11.9 Å². The molecule has 0 bridgehead atoms. The number of anilines is 1. The molecule has 7 heteroatoms. The molecule has 7 nitrogen and oxygen atoms in total. The smallest absolute Gasteiger partial charge is 0.360 e. The van der Waals surface area contributed by atoms with Gasteiger partial charge in [0.15, 0.2) is 5.69 Å². The van der Waals surface area contributed by atoms with Gasteiger partial charge in [0.2, 0.25) is 0 Å². The van der Waals surface area contributed by atoms with Crippen molar-refractivity contribution in [3.8, 4) is 0 Å². The lowest BCUT2D eigenvalue weighted by molar-refractivity contribution is -0.135. The average molecular weight is 270 g/mol. The largest absolute Gasteiger partial charge is 0.480 e. The van der Waals surface area contributed by atoms with Crippen LogP contribution in [0.2, 0.25) is 0 Å². The van der Waals surface area contributed by atoms with Crippen LogP contribution in [0, 0.1) is 0 Å². The number of hydrogen-bond acceptors (Lipinski definition) is 6. The maximum absolute atomic E-state index is 11.5. The highest BCUT2D eigenvalue weighted by Crippen LogP contribution is 2.23. The fraction of sp³-hybridized carbons (Fsp3) is 0.583. The fourth-order valence-electron chi connectivity index (χ4n) is 1.41. The summed E-state index contributed by atoms with van der Waals surface area (Å²) in [4.78, 5) is 27.8. The minimum absolute atomic E-state index is 0.0245. The highest BCUT2D eigenvalue weighted by Gasteiger charge is 2.28. The van der Waals surface area contributed by atoms with E-state index in [1.807, 2.05) is 20.8 Å². The van der Waals surface area contributed by atoms with Gasteiger partial charge in [-0.25, -0.2) is 4.79 Å². The molecule has 1 aromatic rings.